The molecule has 0 spiro atoms. The van der Waals surface area contributed by atoms with Crippen LogP contribution in [0, 0.1) is 0 Å². The van der Waals surface area contributed by atoms with Crippen molar-refractivity contribution in [1.29, 1.82) is 0 Å². The summed E-state index contributed by atoms with van der Waals surface area (Å²) in [5.41, 5.74) is 8.21. The van der Waals surface area contributed by atoms with E-state index in [4.69, 9.17) is 4.74 Å². The van der Waals surface area contributed by atoms with E-state index in [1.807, 2.05) is 61.5 Å². The molecule has 2 aromatic rings. The summed E-state index contributed by atoms with van der Waals surface area (Å²) >= 11 is 0. The molecule has 0 aliphatic heterocycles. The molecule has 0 heterocycles. The summed E-state index contributed by atoms with van der Waals surface area (Å²) in [5.74, 6) is 0.846. The van der Waals surface area contributed by atoms with Gasteiger partial charge in [-0.25, -0.2) is 0 Å². The number of nitrogens with one attached hydrogen (secondary N) is 2. The van der Waals surface area contributed by atoms with Crippen molar-refractivity contribution in [2.75, 3.05) is 17.5 Å². The first-order valence-electron chi connectivity index (χ1n) is 5.69. The molecule has 0 saturated heterocycles. The second-order valence-corrected chi connectivity index (χ2v) is 3.55. The van der Waals surface area contributed by atoms with Crippen LogP contribution in [0.3, 0.4) is 0 Å². The van der Waals surface area contributed by atoms with E-state index in [1.54, 1.807) is 0 Å². The van der Waals surface area contributed by atoms with Crippen molar-refractivity contribution in [1.82, 2.24) is 0 Å². The van der Waals surface area contributed by atoms with Gasteiger partial charge in [0.15, 0.2) is 0 Å². The Labute approximate surface area is 101 Å². The Morgan fingerprint density at radius 2 is 1.59 bits per heavy atom. The predicted molar refractivity (Wildman–Crippen MR) is 71.3 cm³/mol. The van der Waals surface area contributed by atoms with Gasteiger partial charge in [-0.1, -0.05) is 30.3 Å². The normalized spacial score (nSPS) is 9.71. The summed E-state index contributed by atoms with van der Waals surface area (Å²) in [6.45, 7) is 2.63. The van der Waals surface area contributed by atoms with E-state index in [1.165, 1.54) is 0 Å². The molecule has 0 radical (unpaired) electrons. The van der Waals surface area contributed by atoms with Crippen LogP contribution in [0.1, 0.15) is 6.92 Å². The molecule has 3 heteroatoms. The maximum Gasteiger partial charge on any atom is 0.144 e. The van der Waals surface area contributed by atoms with Gasteiger partial charge in [0.1, 0.15) is 5.75 Å². The van der Waals surface area contributed by atoms with Crippen LogP contribution in [-0.4, -0.2) is 6.61 Å². The van der Waals surface area contributed by atoms with E-state index in [0.29, 0.717) is 6.61 Å². The highest BCUT2D eigenvalue weighted by atomic mass is 16.5. The molecule has 2 N–H and O–H groups in total. The molecule has 0 saturated carbocycles. The summed E-state index contributed by atoms with van der Waals surface area (Å²) in [5, 5.41) is 0. The topological polar surface area (TPSA) is 33.3 Å². The smallest absolute Gasteiger partial charge is 0.144 e. The number of hydrogen-bond acceptors (Lipinski definition) is 3. The second kappa shape index (κ2) is 5.80. The Kier molecular flexibility index (Phi) is 3.86. The van der Waals surface area contributed by atoms with Gasteiger partial charge in [0, 0.05) is 0 Å². The number of rotatable bonds is 5. The number of para-hydroxylation sites is 3. The van der Waals surface area contributed by atoms with E-state index in [9.17, 15) is 0 Å². The minimum Gasteiger partial charge on any atom is -0.492 e. The summed E-state index contributed by atoms with van der Waals surface area (Å²) in [4.78, 5) is 0. The van der Waals surface area contributed by atoms with Crippen molar-refractivity contribution in [3.63, 3.8) is 0 Å². The Hall–Kier alpha value is -2.16. The third-order valence-corrected chi connectivity index (χ3v) is 2.30. The minimum absolute atomic E-state index is 0.657. The first kappa shape index (κ1) is 11.3. The third kappa shape index (κ3) is 3.14. The van der Waals surface area contributed by atoms with Gasteiger partial charge < -0.3 is 10.2 Å². The van der Waals surface area contributed by atoms with Gasteiger partial charge >= 0.3 is 0 Å². The quantitative estimate of drug-likeness (QED) is 0.768. The fourth-order valence-electron chi connectivity index (χ4n) is 1.51. The molecular formula is C14H16N2O. The van der Waals surface area contributed by atoms with Crippen LogP contribution in [0.4, 0.5) is 11.4 Å². The van der Waals surface area contributed by atoms with Crippen molar-refractivity contribution >= 4 is 11.4 Å². The molecule has 88 valence electrons. The Morgan fingerprint density at radius 3 is 2.35 bits per heavy atom. The third-order valence-electron chi connectivity index (χ3n) is 2.30. The molecule has 0 bridgehead atoms. The Morgan fingerprint density at radius 1 is 0.882 bits per heavy atom. The highest BCUT2D eigenvalue weighted by molar-refractivity contribution is 5.60. The summed E-state index contributed by atoms with van der Waals surface area (Å²) in [6, 6.07) is 17.8. The molecule has 0 amide bonds. The van der Waals surface area contributed by atoms with Gasteiger partial charge in [-0.15, -0.1) is 0 Å². The SMILES string of the molecule is CCOc1ccccc1NNc1ccccc1. The number of anilines is 2. The largest absolute Gasteiger partial charge is 0.492 e. The first-order valence-corrected chi connectivity index (χ1v) is 5.69. The van der Waals surface area contributed by atoms with E-state index >= 15 is 0 Å². The van der Waals surface area contributed by atoms with Crippen molar-refractivity contribution in [2.24, 2.45) is 0 Å². The van der Waals surface area contributed by atoms with E-state index < -0.39 is 0 Å². The van der Waals surface area contributed by atoms with Crippen LogP contribution < -0.4 is 15.6 Å². The van der Waals surface area contributed by atoms with E-state index in [2.05, 4.69) is 10.9 Å². The van der Waals surface area contributed by atoms with Gasteiger partial charge in [0.25, 0.3) is 0 Å². The van der Waals surface area contributed by atoms with Crippen LogP contribution in [0.2, 0.25) is 0 Å². The monoisotopic (exact) mass is 228 g/mol. The molecule has 0 fully saturated rings. The zero-order valence-corrected chi connectivity index (χ0v) is 9.81. The molecule has 0 unspecified atom stereocenters. The van der Waals surface area contributed by atoms with Crippen molar-refractivity contribution < 1.29 is 4.74 Å². The predicted octanol–water partition coefficient (Wildman–Crippen LogP) is 3.52. The summed E-state index contributed by atoms with van der Waals surface area (Å²) in [6.07, 6.45) is 0. The lowest BCUT2D eigenvalue weighted by atomic mass is 10.3. The van der Waals surface area contributed by atoms with E-state index in [0.717, 1.165) is 17.1 Å². The highest BCUT2D eigenvalue weighted by Gasteiger charge is 2.00. The summed E-state index contributed by atoms with van der Waals surface area (Å²) < 4.78 is 5.52. The summed E-state index contributed by atoms with van der Waals surface area (Å²) in [7, 11) is 0. The van der Waals surface area contributed by atoms with Gasteiger partial charge in [-0.3, -0.25) is 5.43 Å². The lowest BCUT2D eigenvalue weighted by Crippen LogP contribution is -2.09. The zero-order valence-electron chi connectivity index (χ0n) is 9.81. The molecule has 0 aromatic heterocycles. The van der Waals surface area contributed by atoms with Crippen molar-refractivity contribution in [2.45, 2.75) is 6.92 Å². The van der Waals surface area contributed by atoms with Gasteiger partial charge in [-0.05, 0) is 31.2 Å². The Balaban J connectivity index is 2.03. The number of benzene rings is 2. The average molecular weight is 228 g/mol. The van der Waals surface area contributed by atoms with Crippen LogP contribution in [0.5, 0.6) is 5.75 Å². The van der Waals surface area contributed by atoms with Crippen LogP contribution >= 0.6 is 0 Å². The fraction of sp³-hybridized carbons (Fsp3) is 0.143. The maximum atomic E-state index is 5.52. The zero-order chi connectivity index (χ0) is 11.9. The molecule has 2 aromatic carbocycles. The molecular weight excluding hydrogens is 212 g/mol. The average Bonchev–Trinajstić information content (AvgIpc) is 2.39. The van der Waals surface area contributed by atoms with Gasteiger partial charge in [0.05, 0.1) is 18.0 Å². The molecule has 0 aliphatic carbocycles. The van der Waals surface area contributed by atoms with Gasteiger partial charge in [-0.2, -0.15) is 0 Å². The van der Waals surface area contributed by atoms with E-state index in [-0.39, 0.29) is 0 Å². The molecule has 3 nitrogen and oxygen atoms in total. The second-order valence-electron chi connectivity index (χ2n) is 3.55. The number of ether oxygens (including phenoxy) is 1. The lowest BCUT2D eigenvalue weighted by Gasteiger charge is -2.13. The maximum absolute atomic E-state index is 5.52. The number of hydrazine groups is 1. The van der Waals surface area contributed by atoms with Gasteiger partial charge in [0.2, 0.25) is 0 Å². The molecule has 0 atom stereocenters. The molecule has 17 heavy (non-hydrogen) atoms. The minimum atomic E-state index is 0.657. The molecule has 2 rings (SSSR count). The number of hydrogen-bond donors (Lipinski definition) is 2. The Bertz CT molecular complexity index is 457. The molecule has 0 aliphatic rings. The van der Waals surface area contributed by atoms with Crippen molar-refractivity contribution in [3.05, 3.63) is 54.6 Å². The van der Waals surface area contributed by atoms with Crippen LogP contribution in [0.25, 0.3) is 0 Å². The van der Waals surface area contributed by atoms with Crippen LogP contribution in [0.15, 0.2) is 54.6 Å². The first-order chi connectivity index (χ1) is 8.40. The van der Waals surface area contributed by atoms with Crippen LogP contribution in [-0.2, 0) is 0 Å². The highest BCUT2D eigenvalue weighted by Crippen LogP contribution is 2.23. The van der Waals surface area contributed by atoms with Crippen molar-refractivity contribution in [3.8, 4) is 5.75 Å². The standard InChI is InChI=1S/C14H16N2O/c1-2-17-14-11-7-6-10-13(14)16-15-12-8-4-3-5-9-12/h3-11,15-16H,2H2,1H3. The fourth-order valence-corrected chi connectivity index (χ4v) is 1.51. The lowest BCUT2D eigenvalue weighted by molar-refractivity contribution is 0.342.